The maximum atomic E-state index is 11.7. The summed E-state index contributed by atoms with van der Waals surface area (Å²) >= 11 is 0. The molecule has 6 nitrogen and oxygen atoms in total. The summed E-state index contributed by atoms with van der Waals surface area (Å²) in [6.07, 6.45) is 0.244. The first-order valence-corrected chi connectivity index (χ1v) is 7.42. The first-order valence-electron chi connectivity index (χ1n) is 7.42. The van der Waals surface area contributed by atoms with Crippen LogP contribution < -0.4 is 4.90 Å². The van der Waals surface area contributed by atoms with Crippen molar-refractivity contribution in [2.45, 2.75) is 6.42 Å². The summed E-state index contributed by atoms with van der Waals surface area (Å²) in [5.41, 5.74) is 1.79. The van der Waals surface area contributed by atoms with E-state index in [0.717, 1.165) is 11.3 Å². The van der Waals surface area contributed by atoms with Crippen molar-refractivity contribution in [3.63, 3.8) is 0 Å². The van der Waals surface area contributed by atoms with E-state index in [9.17, 15) is 4.79 Å². The molecule has 1 aromatic carbocycles. The molecule has 6 heteroatoms. The molecular weight excluding hydrogens is 284 g/mol. The third-order valence-electron chi connectivity index (χ3n) is 3.19. The summed E-state index contributed by atoms with van der Waals surface area (Å²) in [6, 6.07) is 7.50. The quantitative estimate of drug-likeness (QED) is 0.598. The topological polar surface area (TPSA) is 73.2 Å². The highest BCUT2D eigenvalue weighted by Gasteiger charge is 2.08. The molecule has 0 saturated heterocycles. The number of ether oxygens (including phenoxy) is 1. The van der Waals surface area contributed by atoms with Crippen LogP contribution in [-0.4, -0.2) is 74.6 Å². The molecule has 0 unspecified atom stereocenters. The Kier molecular flexibility index (Phi) is 8.50. The van der Waals surface area contributed by atoms with Crippen LogP contribution in [0.2, 0.25) is 0 Å². The molecule has 0 amide bonds. The number of nitrogens with zero attached hydrogens (tertiary/aromatic N) is 2. The molecule has 124 valence electrons. The molecule has 22 heavy (non-hydrogen) atoms. The minimum absolute atomic E-state index is 0.0277. The molecule has 0 spiro atoms. The fraction of sp³-hybridized carbons (Fsp3) is 0.562. The van der Waals surface area contributed by atoms with Crippen molar-refractivity contribution < 1.29 is 19.7 Å². The first kappa shape index (κ1) is 18.4. The number of aliphatic hydroxyl groups is 2. The third-order valence-corrected chi connectivity index (χ3v) is 3.19. The summed E-state index contributed by atoms with van der Waals surface area (Å²) in [7, 11) is 3.86. The summed E-state index contributed by atoms with van der Waals surface area (Å²) in [5.74, 6) is -0.239. The van der Waals surface area contributed by atoms with E-state index in [4.69, 9.17) is 14.9 Å². The molecule has 0 bridgehead atoms. The summed E-state index contributed by atoms with van der Waals surface area (Å²) in [6.45, 7) is 2.09. The number of carbonyl (C=O) groups is 1. The van der Waals surface area contributed by atoms with Crippen LogP contribution in [0, 0.1) is 0 Å². The molecule has 0 aliphatic heterocycles. The van der Waals surface area contributed by atoms with Crippen molar-refractivity contribution in [1.29, 1.82) is 0 Å². The molecule has 0 aliphatic carbocycles. The lowest BCUT2D eigenvalue weighted by Crippen LogP contribution is -2.29. The summed E-state index contributed by atoms with van der Waals surface area (Å²) in [5, 5.41) is 18.1. The van der Waals surface area contributed by atoms with E-state index in [1.165, 1.54) is 0 Å². The van der Waals surface area contributed by atoms with Crippen LogP contribution in [0.15, 0.2) is 24.3 Å². The van der Waals surface area contributed by atoms with Crippen molar-refractivity contribution in [2.24, 2.45) is 0 Å². The van der Waals surface area contributed by atoms with Crippen molar-refractivity contribution in [3.05, 3.63) is 29.8 Å². The summed E-state index contributed by atoms with van der Waals surface area (Å²) < 4.78 is 5.15. The van der Waals surface area contributed by atoms with Gasteiger partial charge in [0, 0.05) is 25.3 Å². The van der Waals surface area contributed by atoms with Gasteiger partial charge < -0.3 is 24.7 Å². The molecule has 1 aromatic rings. The number of hydrogen-bond acceptors (Lipinski definition) is 6. The van der Waals surface area contributed by atoms with Gasteiger partial charge in [-0.25, -0.2) is 0 Å². The number of aliphatic hydroxyl groups excluding tert-OH is 2. The number of carbonyl (C=O) groups excluding carboxylic acids is 1. The van der Waals surface area contributed by atoms with Crippen LogP contribution in [0.5, 0.6) is 0 Å². The molecule has 0 radical (unpaired) electrons. The van der Waals surface area contributed by atoms with Crippen molar-refractivity contribution in [3.8, 4) is 0 Å². The molecule has 0 aliphatic rings. The second-order valence-corrected chi connectivity index (χ2v) is 5.30. The van der Waals surface area contributed by atoms with Crippen molar-refractivity contribution >= 4 is 11.7 Å². The van der Waals surface area contributed by atoms with Gasteiger partial charge in [0.1, 0.15) is 6.61 Å². The number of hydrogen-bond donors (Lipinski definition) is 2. The molecular formula is C16H26N2O4. The van der Waals surface area contributed by atoms with E-state index in [2.05, 4.69) is 0 Å². The zero-order valence-corrected chi connectivity index (χ0v) is 13.4. The number of rotatable bonds is 10. The Balaban J connectivity index is 2.51. The lowest BCUT2D eigenvalue weighted by Gasteiger charge is -2.23. The van der Waals surface area contributed by atoms with E-state index in [0.29, 0.717) is 26.2 Å². The van der Waals surface area contributed by atoms with Gasteiger partial charge >= 0.3 is 5.97 Å². The SMILES string of the molecule is CN(C)CCOC(=O)Cc1ccc(N(CCO)CCO)cc1. The second-order valence-electron chi connectivity index (χ2n) is 5.30. The zero-order valence-electron chi connectivity index (χ0n) is 13.4. The predicted octanol–water partition coefficient (Wildman–Crippen LogP) is 0.125. The Bertz CT molecular complexity index is 428. The Labute approximate surface area is 131 Å². The van der Waals surface area contributed by atoms with Gasteiger partial charge in [-0.15, -0.1) is 0 Å². The smallest absolute Gasteiger partial charge is 0.310 e. The van der Waals surface area contributed by atoms with Crippen LogP contribution in [0.25, 0.3) is 0 Å². The monoisotopic (exact) mass is 310 g/mol. The zero-order chi connectivity index (χ0) is 16.4. The van der Waals surface area contributed by atoms with Crippen LogP contribution >= 0.6 is 0 Å². The minimum atomic E-state index is -0.239. The standard InChI is InChI=1S/C16H26N2O4/c1-17(2)9-12-22-16(21)13-14-3-5-15(6-4-14)18(7-10-19)8-11-20/h3-6,19-20H,7-13H2,1-2H3. The molecule has 0 fully saturated rings. The van der Waals surface area contributed by atoms with Gasteiger partial charge in [0.25, 0.3) is 0 Å². The normalized spacial score (nSPS) is 10.8. The van der Waals surface area contributed by atoms with E-state index < -0.39 is 0 Å². The van der Waals surface area contributed by atoms with E-state index >= 15 is 0 Å². The van der Waals surface area contributed by atoms with Gasteiger partial charge in [0.05, 0.1) is 19.6 Å². The molecule has 0 aromatic heterocycles. The Hall–Kier alpha value is -1.63. The van der Waals surface area contributed by atoms with E-state index in [1.807, 2.05) is 48.2 Å². The Morgan fingerprint density at radius 3 is 2.14 bits per heavy atom. The lowest BCUT2D eigenvalue weighted by molar-refractivity contribution is -0.143. The van der Waals surface area contributed by atoms with Gasteiger partial charge in [0.15, 0.2) is 0 Å². The predicted molar refractivity (Wildman–Crippen MR) is 86.0 cm³/mol. The second kappa shape index (κ2) is 10.2. The largest absolute Gasteiger partial charge is 0.464 e. The molecule has 1 rings (SSSR count). The number of benzene rings is 1. The van der Waals surface area contributed by atoms with Crippen molar-refractivity contribution in [2.75, 3.05) is 58.5 Å². The van der Waals surface area contributed by atoms with Crippen molar-refractivity contribution in [1.82, 2.24) is 4.90 Å². The van der Waals surface area contributed by atoms with Crippen LogP contribution in [-0.2, 0) is 16.0 Å². The fourth-order valence-electron chi connectivity index (χ4n) is 2.00. The molecule has 2 N–H and O–H groups in total. The van der Waals surface area contributed by atoms with Crippen LogP contribution in [0.1, 0.15) is 5.56 Å². The minimum Gasteiger partial charge on any atom is -0.464 e. The van der Waals surface area contributed by atoms with Gasteiger partial charge in [-0.05, 0) is 31.8 Å². The highest BCUT2D eigenvalue weighted by molar-refractivity contribution is 5.72. The van der Waals surface area contributed by atoms with Crippen LogP contribution in [0.4, 0.5) is 5.69 Å². The first-order chi connectivity index (χ1) is 10.6. The van der Waals surface area contributed by atoms with Gasteiger partial charge in [0.2, 0.25) is 0 Å². The highest BCUT2D eigenvalue weighted by Crippen LogP contribution is 2.15. The average Bonchev–Trinajstić information content (AvgIpc) is 2.47. The van der Waals surface area contributed by atoms with E-state index in [-0.39, 0.29) is 25.6 Å². The number of esters is 1. The summed E-state index contributed by atoms with van der Waals surface area (Å²) in [4.78, 5) is 15.5. The van der Waals surface area contributed by atoms with Gasteiger partial charge in [-0.1, -0.05) is 12.1 Å². The van der Waals surface area contributed by atoms with Gasteiger partial charge in [-0.2, -0.15) is 0 Å². The highest BCUT2D eigenvalue weighted by atomic mass is 16.5. The maximum Gasteiger partial charge on any atom is 0.310 e. The van der Waals surface area contributed by atoms with E-state index in [1.54, 1.807) is 0 Å². The lowest BCUT2D eigenvalue weighted by atomic mass is 10.1. The Morgan fingerprint density at radius 2 is 1.64 bits per heavy atom. The maximum absolute atomic E-state index is 11.7. The molecule has 0 atom stereocenters. The number of anilines is 1. The average molecular weight is 310 g/mol. The third kappa shape index (κ3) is 6.89. The molecule has 0 heterocycles. The Morgan fingerprint density at radius 1 is 1.05 bits per heavy atom. The number of likely N-dealkylation sites (N-methyl/N-ethyl adjacent to an activating group) is 1. The van der Waals surface area contributed by atoms with Gasteiger partial charge in [-0.3, -0.25) is 4.79 Å². The molecule has 0 saturated carbocycles. The van der Waals surface area contributed by atoms with Crippen LogP contribution in [0.3, 0.4) is 0 Å². The fourth-order valence-corrected chi connectivity index (χ4v) is 2.00.